The molecule has 0 saturated carbocycles. The van der Waals surface area contributed by atoms with Crippen LogP contribution >= 0.6 is 0 Å². The van der Waals surface area contributed by atoms with Crippen LogP contribution in [0.5, 0.6) is 17.2 Å². The molecule has 2 amide bonds. The molecule has 39 heavy (non-hydrogen) atoms. The highest BCUT2D eigenvalue weighted by Crippen LogP contribution is 2.38. The summed E-state index contributed by atoms with van der Waals surface area (Å²) < 4.78 is 15.9. The van der Waals surface area contributed by atoms with E-state index in [1.807, 2.05) is 24.3 Å². The Morgan fingerprint density at radius 3 is 1.95 bits per heavy atom. The largest absolute Gasteiger partial charge is 0.493 e. The molecule has 1 fully saturated rings. The number of methoxy groups -OCH3 is 3. The molecule has 10 nitrogen and oxygen atoms in total. The Bertz CT molecular complexity index is 1310. The second-order valence-electron chi connectivity index (χ2n) is 9.00. The summed E-state index contributed by atoms with van der Waals surface area (Å²) in [6.45, 7) is 2.09. The minimum absolute atomic E-state index is 0.225. The van der Waals surface area contributed by atoms with E-state index in [2.05, 4.69) is 20.9 Å². The number of anilines is 3. The number of nitrogens with one attached hydrogen (secondary N) is 4. The van der Waals surface area contributed by atoms with Crippen molar-refractivity contribution in [3.8, 4) is 17.2 Å². The van der Waals surface area contributed by atoms with E-state index < -0.39 is 5.91 Å². The lowest BCUT2D eigenvalue weighted by Gasteiger charge is -2.28. The van der Waals surface area contributed by atoms with Gasteiger partial charge in [0.2, 0.25) is 5.75 Å². The van der Waals surface area contributed by atoms with Gasteiger partial charge in [0.25, 0.3) is 11.8 Å². The lowest BCUT2D eigenvalue weighted by atomic mass is 10.1. The molecular formula is C29H33N5O5. The van der Waals surface area contributed by atoms with Gasteiger partial charge in [-0.15, -0.1) is 0 Å². The topological polar surface area (TPSA) is 125 Å². The van der Waals surface area contributed by atoms with Gasteiger partial charge in [0.1, 0.15) is 0 Å². The lowest BCUT2D eigenvalue weighted by Crippen LogP contribution is -2.35. The van der Waals surface area contributed by atoms with Crippen LogP contribution in [0.15, 0.2) is 60.7 Å². The monoisotopic (exact) mass is 531 g/mol. The summed E-state index contributed by atoms with van der Waals surface area (Å²) >= 11 is 0. The second kappa shape index (κ2) is 12.7. The normalized spacial score (nSPS) is 12.7. The van der Waals surface area contributed by atoms with E-state index in [-0.39, 0.29) is 17.4 Å². The third-order valence-electron chi connectivity index (χ3n) is 6.41. The minimum atomic E-state index is -0.538. The summed E-state index contributed by atoms with van der Waals surface area (Å²) in [5.41, 5.74) is 2.98. The molecule has 3 aromatic carbocycles. The van der Waals surface area contributed by atoms with Gasteiger partial charge >= 0.3 is 0 Å². The molecular weight excluding hydrogens is 498 g/mol. The fraction of sp³-hybridized carbons (Fsp3) is 0.276. The maximum absolute atomic E-state index is 12.8. The van der Waals surface area contributed by atoms with Crippen LogP contribution in [-0.4, -0.2) is 52.2 Å². The van der Waals surface area contributed by atoms with Crippen molar-refractivity contribution in [1.29, 1.82) is 5.41 Å². The van der Waals surface area contributed by atoms with Crippen LogP contribution < -0.4 is 35.1 Å². The standard InChI is InChI=1S/C29H33N5O5/c1-37-24-16-20(17-25(38-2)26(24)39-3)28(36)33-29(30)32-22-9-7-8-21(18-22)31-27(35)19-10-12-23(13-11-19)34-14-5-4-6-15-34/h7-13,16-18H,4-6,14-15H2,1-3H3,(H,31,35)(H3,30,32,33,36). The second-order valence-corrected chi connectivity index (χ2v) is 9.00. The van der Waals surface area contributed by atoms with Gasteiger partial charge in [0.05, 0.1) is 21.3 Å². The van der Waals surface area contributed by atoms with E-state index in [1.165, 1.54) is 52.7 Å². The van der Waals surface area contributed by atoms with Gasteiger partial charge in [-0.05, 0) is 73.9 Å². The molecule has 0 unspecified atom stereocenters. The zero-order chi connectivity index (χ0) is 27.8. The summed E-state index contributed by atoms with van der Waals surface area (Å²) in [4.78, 5) is 27.9. The Kier molecular flexibility index (Phi) is 8.88. The molecule has 1 saturated heterocycles. The van der Waals surface area contributed by atoms with Gasteiger partial charge in [0, 0.05) is 41.3 Å². The highest BCUT2D eigenvalue weighted by Gasteiger charge is 2.18. The van der Waals surface area contributed by atoms with Crippen LogP contribution in [0.2, 0.25) is 0 Å². The van der Waals surface area contributed by atoms with Crippen LogP contribution in [0.25, 0.3) is 0 Å². The average Bonchev–Trinajstić information content (AvgIpc) is 2.96. The third-order valence-corrected chi connectivity index (χ3v) is 6.41. The fourth-order valence-electron chi connectivity index (χ4n) is 4.43. The van der Waals surface area contributed by atoms with Crippen molar-refractivity contribution in [3.05, 3.63) is 71.8 Å². The quantitative estimate of drug-likeness (QED) is 0.245. The molecule has 4 rings (SSSR count). The predicted molar refractivity (Wildman–Crippen MR) is 152 cm³/mol. The van der Waals surface area contributed by atoms with Crippen molar-refractivity contribution in [2.24, 2.45) is 0 Å². The first-order valence-electron chi connectivity index (χ1n) is 12.6. The Labute approximate surface area is 227 Å². The molecule has 0 atom stereocenters. The molecule has 0 radical (unpaired) electrons. The number of piperidine rings is 1. The molecule has 1 aliphatic heterocycles. The number of hydrogen-bond donors (Lipinski definition) is 4. The zero-order valence-electron chi connectivity index (χ0n) is 22.3. The first kappa shape index (κ1) is 27.3. The summed E-state index contributed by atoms with van der Waals surface area (Å²) in [5.74, 6) is -0.00319. The number of rotatable bonds is 8. The van der Waals surface area contributed by atoms with Crippen molar-refractivity contribution >= 4 is 34.8 Å². The van der Waals surface area contributed by atoms with E-state index in [1.54, 1.807) is 24.3 Å². The van der Waals surface area contributed by atoms with Gasteiger partial charge < -0.3 is 29.7 Å². The maximum atomic E-state index is 12.8. The van der Waals surface area contributed by atoms with Crippen LogP contribution in [0.1, 0.15) is 40.0 Å². The molecule has 4 N–H and O–H groups in total. The van der Waals surface area contributed by atoms with Gasteiger partial charge in [-0.25, -0.2) is 0 Å². The van der Waals surface area contributed by atoms with Gasteiger partial charge in [0.15, 0.2) is 17.5 Å². The summed E-state index contributed by atoms with van der Waals surface area (Å²) in [5, 5.41) is 16.4. The molecule has 0 aromatic heterocycles. The van der Waals surface area contributed by atoms with Crippen molar-refractivity contribution in [2.75, 3.05) is 50.0 Å². The number of benzene rings is 3. The van der Waals surface area contributed by atoms with Crippen LogP contribution in [-0.2, 0) is 0 Å². The SMILES string of the molecule is COc1cc(C(=O)NC(=N)Nc2cccc(NC(=O)c3ccc(N4CCCCC4)cc3)c2)cc(OC)c1OC. The van der Waals surface area contributed by atoms with E-state index in [4.69, 9.17) is 19.6 Å². The van der Waals surface area contributed by atoms with E-state index in [0.717, 1.165) is 18.8 Å². The van der Waals surface area contributed by atoms with E-state index in [0.29, 0.717) is 34.2 Å². The predicted octanol–water partition coefficient (Wildman–Crippen LogP) is 4.73. The highest BCUT2D eigenvalue weighted by molar-refractivity contribution is 6.09. The molecule has 0 spiro atoms. The molecule has 10 heteroatoms. The molecule has 1 heterocycles. The van der Waals surface area contributed by atoms with Gasteiger partial charge in [-0.1, -0.05) is 6.07 Å². The summed E-state index contributed by atoms with van der Waals surface area (Å²) in [7, 11) is 4.39. The highest BCUT2D eigenvalue weighted by atomic mass is 16.5. The van der Waals surface area contributed by atoms with E-state index in [9.17, 15) is 9.59 Å². The molecule has 204 valence electrons. The van der Waals surface area contributed by atoms with Crippen LogP contribution in [0, 0.1) is 5.41 Å². The zero-order valence-corrected chi connectivity index (χ0v) is 22.3. The number of amides is 2. The first-order chi connectivity index (χ1) is 18.9. The molecule has 3 aromatic rings. The maximum Gasteiger partial charge on any atom is 0.258 e. The Morgan fingerprint density at radius 2 is 1.36 bits per heavy atom. The number of guanidine groups is 1. The van der Waals surface area contributed by atoms with Crippen molar-refractivity contribution < 1.29 is 23.8 Å². The number of hydrogen-bond acceptors (Lipinski definition) is 7. The van der Waals surface area contributed by atoms with Crippen LogP contribution in [0.3, 0.4) is 0 Å². The average molecular weight is 532 g/mol. The number of nitrogens with zero attached hydrogens (tertiary/aromatic N) is 1. The smallest absolute Gasteiger partial charge is 0.258 e. The van der Waals surface area contributed by atoms with Gasteiger partial charge in [-0.2, -0.15) is 0 Å². The van der Waals surface area contributed by atoms with Crippen molar-refractivity contribution in [1.82, 2.24) is 5.32 Å². The van der Waals surface area contributed by atoms with Crippen LogP contribution in [0.4, 0.5) is 17.1 Å². The molecule has 0 aliphatic carbocycles. The number of carbonyl (C=O) groups is 2. The summed E-state index contributed by atoms with van der Waals surface area (Å²) in [6, 6.07) is 17.5. The van der Waals surface area contributed by atoms with E-state index >= 15 is 0 Å². The molecule has 0 bridgehead atoms. The number of carbonyl (C=O) groups excluding carboxylic acids is 2. The first-order valence-corrected chi connectivity index (χ1v) is 12.6. The Hall–Kier alpha value is -4.73. The summed E-state index contributed by atoms with van der Waals surface area (Å²) in [6.07, 6.45) is 3.65. The minimum Gasteiger partial charge on any atom is -0.493 e. The number of ether oxygens (including phenoxy) is 3. The fourth-order valence-corrected chi connectivity index (χ4v) is 4.43. The molecule has 1 aliphatic rings. The third kappa shape index (κ3) is 6.78. The Balaban J connectivity index is 1.36. The van der Waals surface area contributed by atoms with Crippen molar-refractivity contribution in [2.45, 2.75) is 19.3 Å². The van der Waals surface area contributed by atoms with Crippen molar-refractivity contribution in [3.63, 3.8) is 0 Å². The van der Waals surface area contributed by atoms with Gasteiger partial charge in [-0.3, -0.25) is 20.3 Å². The Morgan fingerprint density at radius 1 is 0.744 bits per heavy atom. The lowest BCUT2D eigenvalue weighted by molar-refractivity contribution is 0.0974.